The van der Waals surface area contributed by atoms with Gasteiger partial charge in [0.25, 0.3) is 0 Å². The summed E-state index contributed by atoms with van der Waals surface area (Å²) in [4.78, 5) is 11.9. The highest BCUT2D eigenvalue weighted by atomic mass is 19.1. The number of carbonyl (C=O) groups excluding carboxylic acids is 1. The van der Waals surface area contributed by atoms with Gasteiger partial charge in [-0.2, -0.15) is 4.52 Å². The van der Waals surface area contributed by atoms with Crippen molar-refractivity contribution in [1.82, 2.24) is 19.8 Å². The van der Waals surface area contributed by atoms with Gasteiger partial charge in [0.05, 0.1) is 12.8 Å². The molecule has 3 rings (SSSR count). The SMILES string of the molecule is COc1ccc2nnc(CCCC(=O)Nc3ccccc3F)n2n1. The first-order chi connectivity index (χ1) is 11.7. The first kappa shape index (κ1) is 15.9. The van der Waals surface area contributed by atoms with Gasteiger partial charge in [0.2, 0.25) is 11.8 Å². The Labute approximate surface area is 137 Å². The first-order valence-electron chi connectivity index (χ1n) is 7.47. The number of nitrogens with zero attached hydrogens (tertiary/aromatic N) is 4. The van der Waals surface area contributed by atoms with Gasteiger partial charge in [0, 0.05) is 18.9 Å². The molecular formula is C16H16FN5O2. The lowest BCUT2D eigenvalue weighted by atomic mass is 10.2. The predicted octanol–water partition coefficient (Wildman–Crippen LogP) is 2.23. The van der Waals surface area contributed by atoms with Crippen molar-refractivity contribution in [3.8, 4) is 5.88 Å². The van der Waals surface area contributed by atoms with Crippen molar-refractivity contribution in [2.75, 3.05) is 12.4 Å². The Bertz CT molecular complexity index is 865. The minimum atomic E-state index is -0.453. The summed E-state index contributed by atoms with van der Waals surface area (Å²) >= 11 is 0. The Kier molecular flexibility index (Phi) is 4.64. The van der Waals surface area contributed by atoms with Crippen molar-refractivity contribution in [2.45, 2.75) is 19.3 Å². The highest BCUT2D eigenvalue weighted by Crippen LogP contribution is 2.14. The number of carbonyl (C=O) groups is 1. The van der Waals surface area contributed by atoms with E-state index in [-0.39, 0.29) is 18.0 Å². The summed E-state index contributed by atoms with van der Waals surface area (Å²) in [6.45, 7) is 0. The van der Waals surface area contributed by atoms with E-state index >= 15 is 0 Å². The number of anilines is 1. The standard InChI is InChI=1S/C16H16FN5O2/c1-24-16-10-9-14-20-19-13(22(14)21-16)7-4-8-15(23)18-12-6-3-2-5-11(12)17/h2-3,5-6,9-10H,4,7-8H2,1H3,(H,18,23). The molecule has 124 valence electrons. The molecule has 0 fully saturated rings. The number of para-hydroxylation sites is 1. The average Bonchev–Trinajstić information content (AvgIpc) is 2.99. The molecule has 0 bridgehead atoms. The number of fused-ring (bicyclic) bond motifs is 1. The first-order valence-corrected chi connectivity index (χ1v) is 7.47. The van der Waals surface area contributed by atoms with Crippen LogP contribution in [0.4, 0.5) is 10.1 Å². The van der Waals surface area contributed by atoms with E-state index in [1.807, 2.05) is 0 Å². The maximum atomic E-state index is 13.5. The van der Waals surface area contributed by atoms with Crippen molar-refractivity contribution in [3.63, 3.8) is 0 Å². The number of benzene rings is 1. The minimum Gasteiger partial charge on any atom is -0.480 e. The zero-order valence-electron chi connectivity index (χ0n) is 13.1. The summed E-state index contributed by atoms with van der Waals surface area (Å²) in [5.41, 5.74) is 0.795. The monoisotopic (exact) mass is 329 g/mol. The zero-order valence-corrected chi connectivity index (χ0v) is 13.1. The average molecular weight is 329 g/mol. The molecule has 3 aromatic rings. The van der Waals surface area contributed by atoms with E-state index in [1.165, 1.54) is 19.2 Å². The van der Waals surface area contributed by atoms with E-state index in [9.17, 15) is 9.18 Å². The fourth-order valence-electron chi connectivity index (χ4n) is 2.26. The molecule has 8 heteroatoms. The summed E-state index contributed by atoms with van der Waals surface area (Å²) in [5.74, 6) is 0.397. The molecule has 1 aromatic carbocycles. The van der Waals surface area contributed by atoms with Gasteiger partial charge in [-0.15, -0.1) is 15.3 Å². The molecule has 1 amide bonds. The molecule has 0 unspecified atom stereocenters. The molecule has 2 aromatic heterocycles. The number of methoxy groups -OCH3 is 1. The van der Waals surface area contributed by atoms with Gasteiger partial charge < -0.3 is 10.1 Å². The molecule has 24 heavy (non-hydrogen) atoms. The number of hydrogen-bond acceptors (Lipinski definition) is 5. The third-order valence-corrected chi connectivity index (χ3v) is 3.46. The summed E-state index contributed by atoms with van der Waals surface area (Å²) in [6, 6.07) is 9.53. The van der Waals surface area contributed by atoms with Crippen LogP contribution in [0.25, 0.3) is 5.65 Å². The van der Waals surface area contributed by atoms with Gasteiger partial charge in [-0.25, -0.2) is 4.39 Å². The van der Waals surface area contributed by atoms with E-state index in [0.717, 1.165) is 0 Å². The van der Waals surface area contributed by atoms with Crippen LogP contribution < -0.4 is 10.1 Å². The largest absolute Gasteiger partial charge is 0.480 e. The Balaban J connectivity index is 1.58. The Hall–Kier alpha value is -3.03. The molecule has 0 saturated carbocycles. The maximum absolute atomic E-state index is 13.5. The zero-order chi connectivity index (χ0) is 16.9. The number of halogens is 1. The fraction of sp³-hybridized carbons (Fsp3) is 0.250. The third-order valence-electron chi connectivity index (χ3n) is 3.46. The van der Waals surface area contributed by atoms with Crippen LogP contribution in [0.3, 0.4) is 0 Å². The smallest absolute Gasteiger partial charge is 0.231 e. The summed E-state index contributed by atoms with van der Waals surface area (Å²) in [6.07, 6.45) is 1.30. The normalized spacial score (nSPS) is 10.8. The van der Waals surface area contributed by atoms with Gasteiger partial charge in [-0.05, 0) is 24.6 Å². The van der Waals surface area contributed by atoms with Crippen LogP contribution in [0.2, 0.25) is 0 Å². The van der Waals surface area contributed by atoms with Crippen molar-refractivity contribution in [1.29, 1.82) is 0 Å². The molecule has 0 spiro atoms. The number of aromatic nitrogens is 4. The molecule has 0 saturated heterocycles. The van der Waals surface area contributed by atoms with E-state index in [0.29, 0.717) is 30.2 Å². The lowest BCUT2D eigenvalue weighted by molar-refractivity contribution is -0.116. The predicted molar refractivity (Wildman–Crippen MR) is 85.3 cm³/mol. The van der Waals surface area contributed by atoms with Gasteiger partial charge in [-0.1, -0.05) is 12.1 Å². The summed E-state index contributed by atoms with van der Waals surface area (Å²) in [7, 11) is 1.53. The second kappa shape index (κ2) is 7.03. The highest BCUT2D eigenvalue weighted by molar-refractivity contribution is 5.90. The molecule has 7 nitrogen and oxygen atoms in total. The Morgan fingerprint density at radius 1 is 1.25 bits per heavy atom. The second-order valence-corrected chi connectivity index (χ2v) is 5.14. The van der Waals surface area contributed by atoms with Crippen LogP contribution in [0.5, 0.6) is 5.88 Å². The topological polar surface area (TPSA) is 81.4 Å². The van der Waals surface area contributed by atoms with Crippen LogP contribution in [0, 0.1) is 5.82 Å². The van der Waals surface area contributed by atoms with E-state index in [1.54, 1.807) is 28.8 Å². The Morgan fingerprint density at radius 2 is 2.08 bits per heavy atom. The van der Waals surface area contributed by atoms with E-state index in [4.69, 9.17) is 4.74 Å². The highest BCUT2D eigenvalue weighted by Gasteiger charge is 2.10. The number of hydrogen-bond donors (Lipinski definition) is 1. The quantitative estimate of drug-likeness (QED) is 0.750. The molecule has 0 aliphatic carbocycles. The number of aryl methyl sites for hydroxylation is 1. The van der Waals surface area contributed by atoms with Gasteiger partial charge >= 0.3 is 0 Å². The van der Waals surface area contributed by atoms with Crippen molar-refractivity contribution in [3.05, 3.63) is 48.0 Å². The number of amides is 1. The lowest BCUT2D eigenvalue weighted by Crippen LogP contribution is -2.13. The second-order valence-electron chi connectivity index (χ2n) is 5.14. The number of nitrogens with one attached hydrogen (secondary N) is 1. The number of rotatable bonds is 6. The molecular weight excluding hydrogens is 313 g/mol. The summed E-state index contributed by atoms with van der Waals surface area (Å²) in [5, 5.41) is 14.9. The number of ether oxygens (including phenoxy) is 1. The molecule has 0 radical (unpaired) electrons. The van der Waals surface area contributed by atoms with Crippen molar-refractivity contribution in [2.24, 2.45) is 0 Å². The van der Waals surface area contributed by atoms with Crippen molar-refractivity contribution >= 4 is 17.2 Å². The maximum Gasteiger partial charge on any atom is 0.231 e. The molecule has 0 aliphatic heterocycles. The van der Waals surface area contributed by atoms with Gasteiger partial charge in [-0.3, -0.25) is 4.79 Å². The minimum absolute atomic E-state index is 0.182. The van der Waals surface area contributed by atoms with E-state index in [2.05, 4.69) is 20.6 Å². The third kappa shape index (κ3) is 3.48. The van der Waals surface area contributed by atoms with Crippen molar-refractivity contribution < 1.29 is 13.9 Å². The Morgan fingerprint density at radius 3 is 2.88 bits per heavy atom. The van der Waals surface area contributed by atoms with Crippen LogP contribution in [0.15, 0.2) is 36.4 Å². The van der Waals surface area contributed by atoms with E-state index < -0.39 is 5.82 Å². The van der Waals surface area contributed by atoms with Crippen LogP contribution >= 0.6 is 0 Å². The van der Waals surface area contributed by atoms with Gasteiger partial charge in [0.1, 0.15) is 5.82 Å². The molecule has 2 heterocycles. The van der Waals surface area contributed by atoms with Gasteiger partial charge in [0.15, 0.2) is 11.5 Å². The molecule has 0 aliphatic rings. The fourth-order valence-corrected chi connectivity index (χ4v) is 2.26. The molecule has 0 atom stereocenters. The summed E-state index contributed by atoms with van der Waals surface area (Å²) < 4.78 is 20.2. The van der Waals surface area contributed by atoms with Crippen LogP contribution in [-0.4, -0.2) is 32.8 Å². The lowest BCUT2D eigenvalue weighted by Gasteiger charge is -2.05. The molecule has 1 N–H and O–H groups in total. The van der Waals surface area contributed by atoms with Crippen LogP contribution in [-0.2, 0) is 11.2 Å². The van der Waals surface area contributed by atoms with Crippen LogP contribution in [0.1, 0.15) is 18.7 Å².